The van der Waals surface area contributed by atoms with Gasteiger partial charge in [-0.15, -0.1) is 0 Å². The maximum absolute atomic E-state index is 13.0. The van der Waals surface area contributed by atoms with Crippen LogP contribution in [0.5, 0.6) is 0 Å². The average Bonchev–Trinajstić information content (AvgIpc) is 3.22. The number of aromatic carboxylic acids is 1. The number of amides is 2. The highest BCUT2D eigenvalue weighted by Crippen LogP contribution is 2.44. The molecule has 0 bridgehead atoms. The summed E-state index contributed by atoms with van der Waals surface area (Å²) in [6, 6.07) is 26.6. The molecular weight excluding hydrogens is 492 g/mol. The number of carbonyl (C=O) groups is 3. The summed E-state index contributed by atoms with van der Waals surface area (Å²) in [5.41, 5.74) is 4.72. The Morgan fingerprint density at radius 1 is 0.757 bits per heavy atom. The van der Waals surface area contributed by atoms with Gasteiger partial charge in [0.25, 0.3) is 5.91 Å². The molecular formula is C29H21ClN2O5. The fourth-order valence-corrected chi connectivity index (χ4v) is 4.70. The second kappa shape index (κ2) is 10.2. The van der Waals surface area contributed by atoms with Crippen molar-refractivity contribution in [3.63, 3.8) is 0 Å². The van der Waals surface area contributed by atoms with E-state index in [2.05, 4.69) is 22.8 Å². The van der Waals surface area contributed by atoms with Crippen LogP contribution in [-0.2, 0) is 4.74 Å². The van der Waals surface area contributed by atoms with Gasteiger partial charge in [0.1, 0.15) is 6.61 Å². The number of fused-ring (bicyclic) bond motifs is 3. The van der Waals surface area contributed by atoms with Crippen molar-refractivity contribution in [2.45, 2.75) is 5.92 Å². The summed E-state index contributed by atoms with van der Waals surface area (Å²) in [5.74, 6) is -1.93. The molecule has 0 aliphatic heterocycles. The van der Waals surface area contributed by atoms with E-state index >= 15 is 0 Å². The van der Waals surface area contributed by atoms with E-state index in [1.807, 2.05) is 36.4 Å². The lowest BCUT2D eigenvalue weighted by Gasteiger charge is -2.16. The third kappa shape index (κ3) is 4.90. The Balaban J connectivity index is 1.30. The molecule has 0 fully saturated rings. The van der Waals surface area contributed by atoms with Crippen LogP contribution in [-0.4, -0.2) is 29.7 Å². The number of nitrogens with one attached hydrogen (secondary N) is 2. The topological polar surface area (TPSA) is 105 Å². The van der Waals surface area contributed by atoms with Gasteiger partial charge in [-0.1, -0.05) is 72.3 Å². The third-order valence-corrected chi connectivity index (χ3v) is 6.45. The van der Waals surface area contributed by atoms with Gasteiger partial charge in [0.05, 0.1) is 22.5 Å². The molecule has 4 aromatic rings. The summed E-state index contributed by atoms with van der Waals surface area (Å²) in [6.45, 7) is 0.126. The molecule has 4 aromatic carbocycles. The molecule has 184 valence electrons. The van der Waals surface area contributed by atoms with Crippen LogP contribution in [0.1, 0.15) is 37.8 Å². The van der Waals surface area contributed by atoms with E-state index in [1.54, 1.807) is 18.2 Å². The van der Waals surface area contributed by atoms with Crippen molar-refractivity contribution in [1.29, 1.82) is 0 Å². The maximum Gasteiger partial charge on any atom is 0.411 e. The average molecular weight is 513 g/mol. The minimum atomic E-state index is -1.23. The number of carboxylic acid groups (broad SMARTS) is 1. The number of anilines is 2. The number of hydrogen-bond donors (Lipinski definition) is 3. The van der Waals surface area contributed by atoms with Gasteiger partial charge >= 0.3 is 12.1 Å². The van der Waals surface area contributed by atoms with E-state index in [1.165, 1.54) is 24.3 Å². The Hall–Kier alpha value is -4.62. The molecule has 0 radical (unpaired) electrons. The highest BCUT2D eigenvalue weighted by Gasteiger charge is 2.29. The minimum absolute atomic E-state index is 0.0813. The molecule has 1 aliphatic rings. The smallest absolute Gasteiger partial charge is 0.411 e. The maximum atomic E-state index is 13.0. The normalized spacial score (nSPS) is 11.8. The predicted molar refractivity (Wildman–Crippen MR) is 141 cm³/mol. The molecule has 0 unspecified atom stereocenters. The van der Waals surface area contributed by atoms with E-state index in [9.17, 15) is 19.5 Å². The fraction of sp³-hybridized carbons (Fsp3) is 0.0690. The molecule has 0 heterocycles. The Morgan fingerprint density at radius 3 is 2.03 bits per heavy atom. The van der Waals surface area contributed by atoms with Crippen LogP contribution >= 0.6 is 11.6 Å². The zero-order valence-electron chi connectivity index (χ0n) is 19.4. The lowest BCUT2D eigenvalue weighted by Crippen LogP contribution is -2.21. The number of halogens is 1. The second-order valence-corrected chi connectivity index (χ2v) is 8.88. The van der Waals surface area contributed by atoms with Crippen LogP contribution in [0, 0.1) is 0 Å². The monoisotopic (exact) mass is 512 g/mol. The quantitative estimate of drug-likeness (QED) is 0.268. The molecule has 2 amide bonds. The van der Waals surface area contributed by atoms with E-state index in [-0.39, 0.29) is 40.0 Å². The van der Waals surface area contributed by atoms with E-state index in [0.29, 0.717) is 0 Å². The number of carbonyl (C=O) groups excluding carboxylic acids is 2. The number of rotatable bonds is 6. The molecule has 0 spiro atoms. The molecule has 5 rings (SSSR count). The molecule has 3 N–H and O–H groups in total. The summed E-state index contributed by atoms with van der Waals surface area (Å²) in [4.78, 5) is 37.3. The highest BCUT2D eigenvalue weighted by molar-refractivity contribution is 6.31. The van der Waals surface area contributed by atoms with Gasteiger partial charge in [-0.3, -0.25) is 10.1 Å². The lowest BCUT2D eigenvalue weighted by molar-refractivity contribution is 0.0698. The van der Waals surface area contributed by atoms with Crippen molar-refractivity contribution in [2.24, 2.45) is 0 Å². The predicted octanol–water partition coefficient (Wildman–Crippen LogP) is 6.65. The first-order valence-electron chi connectivity index (χ1n) is 11.5. The van der Waals surface area contributed by atoms with Crippen LogP contribution in [0.2, 0.25) is 5.02 Å². The Labute approximate surface area is 217 Å². The summed E-state index contributed by atoms with van der Waals surface area (Å²) < 4.78 is 5.59. The van der Waals surface area contributed by atoms with Gasteiger partial charge in [0, 0.05) is 10.9 Å². The number of para-hydroxylation sites is 1. The van der Waals surface area contributed by atoms with Gasteiger partial charge < -0.3 is 15.2 Å². The van der Waals surface area contributed by atoms with Crippen LogP contribution < -0.4 is 10.6 Å². The van der Waals surface area contributed by atoms with Crippen molar-refractivity contribution in [1.82, 2.24) is 0 Å². The fourth-order valence-electron chi connectivity index (χ4n) is 4.53. The number of ether oxygens (including phenoxy) is 1. The number of hydrogen-bond acceptors (Lipinski definition) is 4. The van der Waals surface area contributed by atoms with Gasteiger partial charge in [0.15, 0.2) is 0 Å². The zero-order chi connectivity index (χ0) is 25.9. The summed E-state index contributed by atoms with van der Waals surface area (Å²) >= 11 is 5.89. The van der Waals surface area contributed by atoms with Crippen LogP contribution in [0.4, 0.5) is 16.2 Å². The van der Waals surface area contributed by atoms with Gasteiger partial charge in [-0.2, -0.15) is 0 Å². The van der Waals surface area contributed by atoms with Crippen molar-refractivity contribution in [2.75, 3.05) is 17.2 Å². The SMILES string of the molecule is O=C(Nc1ccccc1C(=O)Nc1ccc(Cl)cc1C(=O)O)OCC1c2ccccc2-c2ccccc21. The van der Waals surface area contributed by atoms with Crippen molar-refractivity contribution < 1.29 is 24.2 Å². The van der Waals surface area contributed by atoms with Crippen molar-refractivity contribution in [3.05, 3.63) is 118 Å². The van der Waals surface area contributed by atoms with Gasteiger partial charge in [-0.05, 0) is 52.6 Å². The van der Waals surface area contributed by atoms with E-state index in [4.69, 9.17) is 16.3 Å². The molecule has 0 aromatic heterocycles. The number of benzene rings is 4. The molecule has 7 nitrogen and oxygen atoms in total. The first-order valence-corrected chi connectivity index (χ1v) is 11.9. The largest absolute Gasteiger partial charge is 0.478 e. The Bertz CT molecular complexity index is 1490. The van der Waals surface area contributed by atoms with Crippen LogP contribution in [0.25, 0.3) is 11.1 Å². The number of carboxylic acids is 1. The minimum Gasteiger partial charge on any atom is -0.478 e. The Kier molecular flexibility index (Phi) is 6.62. The molecule has 0 atom stereocenters. The summed E-state index contributed by atoms with van der Waals surface area (Å²) in [6.07, 6.45) is -0.708. The van der Waals surface area contributed by atoms with Gasteiger partial charge in [-0.25, -0.2) is 9.59 Å². The van der Waals surface area contributed by atoms with Crippen LogP contribution in [0.15, 0.2) is 91.0 Å². The lowest BCUT2D eigenvalue weighted by atomic mass is 9.98. The molecule has 0 saturated heterocycles. The first kappa shape index (κ1) is 24.1. The van der Waals surface area contributed by atoms with E-state index in [0.717, 1.165) is 22.3 Å². The van der Waals surface area contributed by atoms with E-state index < -0.39 is 18.0 Å². The summed E-state index contributed by atoms with van der Waals surface area (Å²) in [7, 11) is 0. The Morgan fingerprint density at radius 2 is 1.35 bits per heavy atom. The van der Waals surface area contributed by atoms with Gasteiger partial charge in [0.2, 0.25) is 0 Å². The van der Waals surface area contributed by atoms with Crippen molar-refractivity contribution >= 4 is 40.9 Å². The molecule has 37 heavy (non-hydrogen) atoms. The summed E-state index contributed by atoms with van der Waals surface area (Å²) in [5, 5.41) is 14.9. The van der Waals surface area contributed by atoms with Crippen molar-refractivity contribution in [3.8, 4) is 11.1 Å². The zero-order valence-corrected chi connectivity index (χ0v) is 20.2. The molecule has 1 aliphatic carbocycles. The third-order valence-electron chi connectivity index (χ3n) is 6.21. The van der Waals surface area contributed by atoms with Crippen LogP contribution in [0.3, 0.4) is 0 Å². The standard InChI is InChI=1S/C29H21ClN2O5/c30-17-13-14-26(23(15-17)28(34)35)31-27(33)22-11-5-6-12-25(22)32-29(36)37-16-24-20-9-3-1-7-18(20)19-8-2-4-10-21(19)24/h1-15,24H,16H2,(H,31,33)(H,32,36)(H,34,35). The highest BCUT2D eigenvalue weighted by atomic mass is 35.5. The molecule has 0 saturated carbocycles. The first-order chi connectivity index (χ1) is 17.9. The second-order valence-electron chi connectivity index (χ2n) is 8.45. The molecule has 8 heteroatoms.